The van der Waals surface area contributed by atoms with E-state index in [1.807, 2.05) is 19.1 Å². The second kappa shape index (κ2) is 3.75. The summed E-state index contributed by atoms with van der Waals surface area (Å²) in [6.07, 6.45) is 4.03. The van der Waals surface area contributed by atoms with Crippen LogP contribution in [-0.2, 0) is 4.79 Å². The molecule has 4 atom stereocenters. The van der Waals surface area contributed by atoms with Gasteiger partial charge in [-0.1, -0.05) is 6.07 Å². The minimum Gasteiger partial charge on any atom is -0.508 e. The third-order valence-electron chi connectivity index (χ3n) is 5.51. The summed E-state index contributed by atoms with van der Waals surface area (Å²) in [7, 11) is 0. The van der Waals surface area contributed by atoms with E-state index in [1.165, 1.54) is 19.3 Å². The summed E-state index contributed by atoms with van der Waals surface area (Å²) in [6, 6.07) is 5.34. The van der Waals surface area contributed by atoms with Crippen LogP contribution in [0.3, 0.4) is 0 Å². The number of benzene rings is 1. The summed E-state index contributed by atoms with van der Waals surface area (Å²) in [5, 5.41) is 12.6. The number of carbonyl (C=O) groups is 1. The van der Waals surface area contributed by atoms with E-state index in [9.17, 15) is 9.90 Å². The molecule has 4 rings (SSSR count). The molecule has 3 aliphatic rings. The molecule has 1 aromatic rings. The topological polar surface area (TPSA) is 49.3 Å². The SMILES string of the molecule is Cc1ccc(NC(=O)C2C3C4CCC(C4)C23)cc1O. The van der Waals surface area contributed by atoms with E-state index < -0.39 is 0 Å². The number of amides is 1. The molecule has 3 nitrogen and oxygen atoms in total. The fourth-order valence-electron chi connectivity index (χ4n) is 4.59. The van der Waals surface area contributed by atoms with Gasteiger partial charge in [0.1, 0.15) is 5.75 Å². The molecular weight excluding hydrogens is 238 g/mol. The molecule has 3 saturated carbocycles. The predicted octanol–water partition coefficient (Wildman–Crippen LogP) is 2.93. The van der Waals surface area contributed by atoms with Gasteiger partial charge in [0.2, 0.25) is 5.91 Å². The molecule has 2 bridgehead atoms. The van der Waals surface area contributed by atoms with Gasteiger partial charge in [0.15, 0.2) is 0 Å². The summed E-state index contributed by atoms with van der Waals surface area (Å²) in [5.74, 6) is 3.61. The summed E-state index contributed by atoms with van der Waals surface area (Å²) < 4.78 is 0. The Bertz CT molecular complexity index is 538. The number of fused-ring (bicyclic) bond motifs is 5. The van der Waals surface area contributed by atoms with Crippen molar-refractivity contribution < 1.29 is 9.90 Å². The lowest BCUT2D eigenvalue weighted by atomic mass is 10.0. The second-order valence-electron chi connectivity index (χ2n) is 6.50. The van der Waals surface area contributed by atoms with Gasteiger partial charge in [-0.15, -0.1) is 0 Å². The lowest BCUT2D eigenvalue weighted by molar-refractivity contribution is -0.118. The fourth-order valence-corrected chi connectivity index (χ4v) is 4.59. The Kier molecular flexibility index (Phi) is 2.23. The van der Waals surface area contributed by atoms with Gasteiger partial charge in [0, 0.05) is 17.7 Å². The standard InChI is InChI=1S/C16H19NO2/c1-8-2-5-11(7-12(8)18)17-16(19)15-13-9-3-4-10(6-9)14(13)15/h2,5,7,9-10,13-15,18H,3-4,6H2,1H3,(H,17,19). The molecule has 0 aromatic heterocycles. The molecule has 1 aromatic carbocycles. The van der Waals surface area contributed by atoms with E-state index in [-0.39, 0.29) is 17.6 Å². The molecule has 0 radical (unpaired) electrons. The normalized spacial score (nSPS) is 38.1. The molecule has 0 heterocycles. The third-order valence-corrected chi connectivity index (χ3v) is 5.51. The molecule has 19 heavy (non-hydrogen) atoms. The fraction of sp³-hybridized carbons (Fsp3) is 0.562. The van der Waals surface area contributed by atoms with Crippen molar-refractivity contribution in [3.05, 3.63) is 23.8 Å². The van der Waals surface area contributed by atoms with Crippen LogP contribution in [0.4, 0.5) is 5.69 Å². The van der Waals surface area contributed by atoms with E-state index >= 15 is 0 Å². The van der Waals surface area contributed by atoms with Crippen LogP contribution in [0.2, 0.25) is 0 Å². The molecule has 3 heteroatoms. The zero-order chi connectivity index (χ0) is 13.1. The summed E-state index contributed by atoms with van der Waals surface area (Å²) in [6.45, 7) is 1.85. The first-order valence-corrected chi connectivity index (χ1v) is 7.25. The molecule has 4 unspecified atom stereocenters. The van der Waals surface area contributed by atoms with Crippen LogP contribution in [0.15, 0.2) is 18.2 Å². The Morgan fingerprint density at radius 3 is 2.58 bits per heavy atom. The maximum Gasteiger partial charge on any atom is 0.228 e. The van der Waals surface area contributed by atoms with Crippen molar-refractivity contribution in [2.24, 2.45) is 29.6 Å². The van der Waals surface area contributed by atoms with Gasteiger partial charge in [-0.3, -0.25) is 4.79 Å². The van der Waals surface area contributed by atoms with Gasteiger partial charge in [-0.2, -0.15) is 0 Å². The molecule has 3 aliphatic carbocycles. The van der Waals surface area contributed by atoms with Gasteiger partial charge in [0.25, 0.3) is 0 Å². The Labute approximate surface area is 113 Å². The molecule has 3 fully saturated rings. The van der Waals surface area contributed by atoms with Crippen LogP contribution < -0.4 is 5.32 Å². The van der Waals surface area contributed by atoms with Crippen LogP contribution >= 0.6 is 0 Å². The van der Waals surface area contributed by atoms with Gasteiger partial charge < -0.3 is 10.4 Å². The largest absolute Gasteiger partial charge is 0.508 e. The van der Waals surface area contributed by atoms with Gasteiger partial charge in [-0.25, -0.2) is 0 Å². The lowest BCUT2D eigenvalue weighted by Crippen LogP contribution is -2.18. The van der Waals surface area contributed by atoms with E-state index in [0.717, 1.165) is 17.4 Å². The zero-order valence-electron chi connectivity index (χ0n) is 11.1. The molecule has 0 spiro atoms. The van der Waals surface area contributed by atoms with Crippen LogP contribution in [0.1, 0.15) is 24.8 Å². The van der Waals surface area contributed by atoms with Gasteiger partial charge in [-0.05, 0) is 61.5 Å². The highest BCUT2D eigenvalue weighted by atomic mass is 16.3. The predicted molar refractivity (Wildman–Crippen MR) is 72.8 cm³/mol. The number of carbonyl (C=O) groups excluding carboxylic acids is 1. The quantitative estimate of drug-likeness (QED) is 0.855. The first kappa shape index (κ1) is 11.3. The highest BCUT2D eigenvalue weighted by Crippen LogP contribution is 2.69. The molecule has 2 N–H and O–H groups in total. The molecular formula is C16H19NO2. The van der Waals surface area contributed by atoms with E-state index in [0.29, 0.717) is 17.5 Å². The lowest BCUT2D eigenvalue weighted by Gasteiger charge is -2.10. The Balaban J connectivity index is 1.47. The van der Waals surface area contributed by atoms with Crippen molar-refractivity contribution in [2.45, 2.75) is 26.2 Å². The van der Waals surface area contributed by atoms with Crippen molar-refractivity contribution in [1.82, 2.24) is 0 Å². The maximum absolute atomic E-state index is 12.3. The Morgan fingerprint density at radius 1 is 1.26 bits per heavy atom. The Hall–Kier alpha value is -1.51. The molecule has 0 aliphatic heterocycles. The first-order valence-electron chi connectivity index (χ1n) is 7.25. The second-order valence-corrected chi connectivity index (χ2v) is 6.50. The van der Waals surface area contributed by atoms with Crippen molar-refractivity contribution in [3.63, 3.8) is 0 Å². The molecule has 100 valence electrons. The number of rotatable bonds is 2. The maximum atomic E-state index is 12.3. The number of aromatic hydroxyl groups is 1. The third kappa shape index (κ3) is 1.60. The highest BCUT2D eigenvalue weighted by molar-refractivity contribution is 5.95. The van der Waals surface area contributed by atoms with Crippen LogP contribution in [0.5, 0.6) is 5.75 Å². The average molecular weight is 257 g/mol. The summed E-state index contributed by atoms with van der Waals surface area (Å²) in [4.78, 5) is 12.3. The van der Waals surface area contributed by atoms with E-state index in [4.69, 9.17) is 0 Å². The number of anilines is 1. The van der Waals surface area contributed by atoms with Crippen LogP contribution in [0, 0.1) is 36.5 Å². The number of phenols is 1. The first-order chi connectivity index (χ1) is 9.15. The van der Waals surface area contributed by atoms with Crippen molar-refractivity contribution in [1.29, 1.82) is 0 Å². The number of hydrogen-bond donors (Lipinski definition) is 2. The van der Waals surface area contributed by atoms with E-state index in [2.05, 4.69) is 5.32 Å². The number of aryl methyl sites for hydroxylation is 1. The summed E-state index contributed by atoms with van der Waals surface area (Å²) >= 11 is 0. The number of hydrogen-bond acceptors (Lipinski definition) is 2. The monoisotopic (exact) mass is 257 g/mol. The van der Waals surface area contributed by atoms with Crippen LogP contribution in [0.25, 0.3) is 0 Å². The van der Waals surface area contributed by atoms with Crippen LogP contribution in [-0.4, -0.2) is 11.0 Å². The number of phenolic OH excluding ortho intramolecular Hbond substituents is 1. The highest BCUT2D eigenvalue weighted by Gasteiger charge is 2.67. The van der Waals surface area contributed by atoms with Crippen molar-refractivity contribution in [2.75, 3.05) is 5.32 Å². The summed E-state index contributed by atoms with van der Waals surface area (Å²) in [5.41, 5.74) is 1.55. The molecule has 1 amide bonds. The van der Waals surface area contributed by atoms with Crippen molar-refractivity contribution in [3.8, 4) is 5.75 Å². The van der Waals surface area contributed by atoms with Crippen molar-refractivity contribution >= 4 is 11.6 Å². The zero-order valence-corrected chi connectivity index (χ0v) is 11.1. The molecule has 0 saturated heterocycles. The number of nitrogens with one attached hydrogen (secondary N) is 1. The minimum absolute atomic E-state index is 0.162. The smallest absolute Gasteiger partial charge is 0.228 e. The minimum atomic E-state index is 0.162. The Morgan fingerprint density at radius 2 is 1.95 bits per heavy atom. The van der Waals surface area contributed by atoms with Gasteiger partial charge >= 0.3 is 0 Å². The average Bonchev–Trinajstić information content (AvgIpc) is 2.83. The van der Waals surface area contributed by atoms with E-state index in [1.54, 1.807) is 6.07 Å². The van der Waals surface area contributed by atoms with Gasteiger partial charge in [0.05, 0.1) is 0 Å².